The maximum atomic E-state index is 8.92. The van der Waals surface area contributed by atoms with Crippen molar-refractivity contribution in [2.24, 2.45) is 5.92 Å². The number of hydrogen-bond acceptors (Lipinski definition) is 3. The van der Waals surface area contributed by atoms with E-state index in [2.05, 4.69) is 34.5 Å². The maximum Gasteiger partial charge on any atom is 0.0471 e. The quantitative estimate of drug-likeness (QED) is 0.836. The summed E-state index contributed by atoms with van der Waals surface area (Å²) in [6.07, 6.45) is 6.17. The molecular weight excluding hydrogens is 248 g/mol. The Morgan fingerprint density at radius 3 is 2.35 bits per heavy atom. The number of nitrogens with zero attached hydrogens (tertiary/aromatic N) is 1. The summed E-state index contributed by atoms with van der Waals surface area (Å²) >= 11 is 0. The van der Waals surface area contributed by atoms with E-state index in [1.165, 1.54) is 56.6 Å². The van der Waals surface area contributed by atoms with E-state index in [1.54, 1.807) is 0 Å². The molecule has 0 unspecified atom stereocenters. The predicted molar refractivity (Wildman–Crippen MR) is 83.0 cm³/mol. The number of rotatable bonds is 6. The molecular formula is C17H26N2O. The lowest BCUT2D eigenvalue weighted by Crippen LogP contribution is -2.40. The number of hydrogen-bond donors (Lipinski definition) is 2. The van der Waals surface area contributed by atoms with Crippen molar-refractivity contribution in [3.05, 3.63) is 29.8 Å². The zero-order valence-electron chi connectivity index (χ0n) is 12.2. The van der Waals surface area contributed by atoms with Crippen LogP contribution in [0, 0.1) is 5.92 Å². The van der Waals surface area contributed by atoms with Gasteiger partial charge in [0.2, 0.25) is 0 Å². The van der Waals surface area contributed by atoms with Gasteiger partial charge in [0.05, 0.1) is 0 Å². The van der Waals surface area contributed by atoms with Gasteiger partial charge in [0.25, 0.3) is 0 Å². The number of benzene rings is 1. The molecule has 2 fully saturated rings. The Bertz CT molecular complexity index is 406. The summed E-state index contributed by atoms with van der Waals surface area (Å²) < 4.78 is 0. The van der Waals surface area contributed by atoms with Crippen molar-refractivity contribution in [2.75, 3.05) is 31.6 Å². The third kappa shape index (κ3) is 3.97. The third-order valence-electron chi connectivity index (χ3n) is 4.53. The first-order valence-corrected chi connectivity index (χ1v) is 8.02. The molecule has 0 bridgehead atoms. The van der Waals surface area contributed by atoms with Crippen molar-refractivity contribution in [3.8, 4) is 0 Å². The summed E-state index contributed by atoms with van der Waals surface area (Å²) in [5.74, 6) is 1.01. The van der Waals surface area contributed by atoms with Gasteiger partial charge in [-0.15, -0.1) is 0 Å². The molecule has 1 aromatic carbocycles. The highest BCUT2D eigenvalue weighted by Crippen LogP contribution is 2.30. The minimum absolute atomic E-state index is 0.228. The summed E-state index contributed by atoms with van der Waals surface area (Å²) in [5.41, 5.74) is 2.42. The monoisotopic (exact) mass is 274 g/mol. The van der Waals surface area contributed by atoms with Gasteiger partial charge >= 0.3 is 0 Å². The lowest BCUT2D eigenvalue weighted by molar-refractivity contribution is 0.211. The van der Waals surface area contributed by atoms with Gasteiger partial charge < -0.3 is 15.3 Å². The fraction of sp³-hybridized carbons (Fsp3) is 0.647. The van der Waals surface area contributed by atoms with Crippen molar-refractivity contribution in [2.45, 2.75) is 38.1 Å². The third-order valence-corrected chi connectivity index (χ3v) is 4.53. The second-order valence-corrected chi connectivity index (χ2v) is 6.33. The second-order valence-electron chi connectivity index (χ2n) is 6.33. The fourth-order valence-corrected chi connectivity index (χ4v) is 3.06. The van der Waals surface area contributed by atoms with Crippen molar-refractivity contribution in [3.63, 3.8) is 0 Å². The highest BCUT2D eigenvalue weighted by molar-refractivity contribution is 5.45. The Balaban J connectivity index is 1.43. The fourth-order valence-electron chi connectivity index (χ4n) is 3.06. The van der Waals surface area contributed by atoms with Crippen LogP contribution in [0.1, 0.15) is 31.2 Å². The van der Waals surface area contributed by atoms with Gasteiger partial charge in [-0.2, -0.15) is 0 Å². The molecule has 0 atom stereocenters. The summed E-state index contributed by atoms with van der Waals surface area (Å²) in [6, 6.07) is 9.12. The van der Waals surface area contributed by atoms with E-state index in [9.17, 15) is 0 Å². The molecule has 3 nitrogen and oxygen atoms in total. The highest BCUT2D eigenvalue weighted by atomic mass is 16.2. The Labute approximate surface area is 122 Å². The van der Waals surface area contributed by atoms with E-state index >= 15 is 0 Å². The summed E-state index contributed by atoms with van der Waals surface area (Å²) in [5, 5.41) is 12.6. The molecule has 2 N–H and O–H groups in total. The van der Waals surface area contributed by atoms with Crippen LogP contribution in [0.2, 0.25) is 0 Å². The maximum absolute atomic E-state index is 8.92. The molecule has 1 aliphatic carbocycles. The molecule has 110 valence electrons. The Morgan fingerprint density at radius 1 is 1.05 bits per heavy atom. The molecule has 1 heterocycles. The molecule has 2 aliphatic rings. The summed E-state index contributed by atoms with van der Waals surface area (Å²) in [4.78, 5) is 2.64. The number of anilines is 1. The number of aliphatic hydroxyl groups excluding tert-OH is 1. The molecule has 1 aromatic rings. The number of nitrogens with one attached hydrogen (secondary N) is 1. The molecule has 0 amide bonds. The smallest absolute Gasteiger partial charge is 0.0471 e. The lowest BCUT2D eigenvalue weighted by atomic mass is 10.0. The molecule has 1 aliphatic heterocycles. The van der Waals surface area contributed by atoms with E-state index in [0.717, 1.165) is 12.3 Å². The normalized spacial score (nSPS) is 21.1. The molecule has 1 saturated heterocycles. The van der Waals surface area contributed by atoms with Crippen molar-refractivity contribution >= 4 is 5.69 Å². The first-order valence-electron chi connectivity index (χ1n) is 8.02. The van der Waals surface area contributed by atoms with Crippen LogP contribution >= 0.6 is 0 Å². The zero-order valence-corrected chi connectivity index (χ0v) is 12.2. The Kier molecular flexibility index (Phi) is 4.58. The van der Waals surface area contributed by atoms with E-state index < -0.39 is 0 Å². The van der Waals surface area contributed by atoms with Gasteiger partial charge in [-0.3, -0.25) is 0 Å². The molecule has 0 radical (unpaired) electrons. The largest absolute Gasteiger partial charge is 0.396 e. The molecule has 20 heavy (non-hydrogen) atoms. The van der Waals surface area contributed by atoms with E-state index in [1.807, 2.05) is 0 Å². The van der Waals surface area contributed by atoms with Gasteiger partial charge in [0, 0.05) is 38.0 Å². The lowest BCUT2D eigenvalue weighted by Gasteiger charge is -2.32. The summed E-state index contributed by atoms with van der Waals surface area (Å²) in [6.45, 7) is 4.06. The van der Waals surface area contributed by atoms with Crippen LogP contribution in [-0.4, -0.2) is 42.3 Å². The predicted octanol–water partition coefficient (Wildman–Crippen LogP) is 2.51. The van der Waals surface area contributed by atoms with E-state index in [4.69, 9.17) is 5.11 Å². The number of likely N-dealkylation sites (tertiary alicyclic amines) is 1. The molecule has 0 aromatic heterocycles. The first kappa shape index (κ1) is 13.9. The van der Waals surface area contributed by atoms with Crippen LogP contribution in [-0.2, 0) is 6.42 Å². The standard InChI is InChI=1S/C17H26N2O/c20-12-9-14-3-5-16(6-4-14)18-17-7-10-19(11-8-17)13-15-1-2-15/h3-6,15,17-18,20H,1-2,7-13H2. The topological polar surface area (TPSA) is 35.5 Å². The first-order chi connectivity index (χ1) is 9.83. The second kappa shape index (κ2) is 6.59. The Morgan fingerprint density at radius 2 is 1.75 bits per heavy atom. The molecule has 3 rings (SSSR count). The molecule has 0 spiro atoms. The van der Waals surface area contributed by atoms with Crippen molar-refractivity contribution in [1.82, 2.24) is 4.90 Å². The van der Waals surface area contributed by atoms with Gasteiger partial charge in [-0.25, -0.2) is 0 Å². The van der Waals surface area contributed by atoms with Gasteiger partial charge in [0.15, 0.2) is 0 Å². The van der Waals surface area contributed by atoms with Crippen LogP contribution < -0.4 is 5.32 Å². The van der Waals surface area contributed by atoms with E-state index in [0.29, 0.717) is 6.04 Å². The average Bonchev–Trinajstić information content (AvgIpc) is 3.28. The molecule has 3 heteroatoms. The van der Waals surface area contributed by atoms with Gasteiger partial charge in [-0.05, 0) is 55.7 Å². The van der Waals surface area contributed by atoms with Crippen molar-refractivity contribution < 1.29 is 5.11 Å². The van der Waals surface area contributed by atoms with Crippen molar-refractivity contribution in [1.29, 1.82) is 0 Å². The SMILES string of the molecule is OCCc1ccc(NC2CCN(CC3CC3)CC2)cc1. The van der Waals surface area contributed by atoms with Crippen LogP contribution in [0.5, 0.6) is 0 Å². The molecule has 1 saturated carbocycles. The zero-order chi connectivity index (χ0) is 13.8. The minimum Gasteiger partial charge on any atom is -0.396 e. The minimum atomic E-state index is 0.228. The van der Waals surface area contributed by atoms with Gasteiger partial charge in [-0.1, -0.05) is 12.1 Å². The highest BCUT2D eigenvalue weighted by Gasteiger charge is 2.26. The Hall–Kier alpha value is -1.06. The van der Waals surface area contributed by atoms with Gasteiger partial charge in [0.1, 0.15) is 0 Å². The summed E-state index contributed by atoms with van der Waals surface area (Å²) in [7, 11) is 0. The number of piperidine rings is 1. The van der Waals surface area contributed by atoms with Crippen LogP contribution in [0.4, 0.5) is 5.69 Å². The van der Waals surface area contributed by atoms with Crippen LogP contribution in [0.25, 0.3) is 0 Å². The number of aliphatic hydroxyl groups is 1. The van der Waals surface area contributed by atoms with Crippen LogP contribution in [0.15, 0.2) is 24.3 Å². The average molecular weight is 274 g/mol. The van der Waals surface area contributed by atoms with E-state index in [-0.39, 0.29) is 6.61 Å². The van der Waals surface area contributed by atoms with Crippen LogP contribution in [0.3, 0.4) is 0 Å².